The van der Waals surface area contributed by atoms with Crippen LogP contribution in [-0.2, 0) is 37.0 Å². The normalized spacial score (nSPS) is 16.6. The van der Waals surface area contributed by atoms with E-state index in [4.69, 9.17) is 0 Å². The number of imidazole rings is 1. The molecule has 5 rings (SSSR count). The number of anilines is 1. The van der Waals surface area contributed by atoms with Crippen molar-refractivity contribution in [3.63, 3.8) is 0 Å². The predicted molar refractivity (Wildman–Crippen MR) is 157 cm³/mol. The molecule has 0 spiro atoms. The molecule has 0 aliphatic carbocycles. The maximum atomic E-state index is 14.0. The molecule has 0 saturated carbocycles. The minimum Gasteiger partial charge on any atom is -0.404 e. The second kappa shape index (κ2) is 13.1. The molecule has 1 aliphatic heterocycles. The summed E-state index contributed by atoms with van der Waals surface area (Å²) >= 11 is 0. The number of hydrogen-bond donors (Lipinski definition) is 4. The number of hydrogen-bond acceptors (Lipinski definition) is 10. The average molecular weight is 778 g/mol. The fourth-order valence-corrected chi connectivity index (χ4v) is 7.41. The van der Waals surface area contributed by atoms with E-state index in [2.05, 4.69) is 19.5 Å². The summed E-state index contributed by atoms with van der Waals surface area (Å²) < 4.78 is 175. The van der Waals surface area contributed by atoms with Crippen LogP contribution in [0, 0.1) is 0 Å². The van der Waals surface area contributed by atoms with Crippen LogP contribution < -0.4 is 13.8 Å². The average Bonchev–Trinajstić information content (AvgIpc) is 3.55. The number of para-hydroxylation sites is 1. The highest BCUT2D eigenvalue weighted by Crippen LogP contribution is 2.46. The first-order chi connectivity index (χ1) is 23.5. The Balaban J connectivity index is 1.68. The van der Waals surface area contributed by atoms with Gasteiger partial charge in [0.15, 0.2) is 0 Å². The van der Waals surface area contributed by atoms with E-state index in [-0.39, 0.29) is 16.8 Å². The van der Waals surface area contributed by atoms with Crippen molar-refractivity contribution in [2.75, 3.05) is 10.8 Å². The summed E-state index contributed by atoms with van der Waals surface area (Å²) in [5, 5.41) is 0. The Morgan fingerprint density at radius 2 is 1.63 bits per heavy atom. The molecular formula is C27H20F9N5O8S2. The van der Waals surface area contributed by atoms with Crippen LogP contribution in [0.4, 0.5) is 45.2 Å². The molecule has 3 aromatic carbocycles. The summed E-state index contributed by atoms with van der Waals surface area (Å²) in [6, 6.07) is 7.09. The van der Waals surface area contributed by atoms with E-state index < -0.39 is 103 Å². The van der Waals surface area contributed by atoms with Gasteiger partial charge in [-0.3, -0.25) is 13.9 Å². The summed E-state index contributed by atoms with van der Waals surface area (Å²) in [7, 11) is -9.64. The lowest BCUT2D eigenvalue weighted by atomic mass is 10.1. The van der Waals surface area contributed by atoms with Crippen LogP contribution in [0.1, 0.15) is 23.0 Å². The first-order valence-corrected chi connectivity index (χ1v) is 16.6. The van der Waals surface area contributed by atoms with Crippen molar-refractivity contribution in [2.24, 2.45) is 0 Å². The zero-order chi connectivity index (χ0) is 37.7. The molecule has 1 aromatic heterocycles. The zero-order valence-electron chi connectivity index (χ0n) is 24.7. The highest BCUT2D eigenvalue weighted by molar-refractivity contribution is 8.24. The van der Waals surface area contributed by atoms with Gasteiger partial charge in [0.2, 0.25) is 0 Å². The van der Waals surface area contributed by atoms with E-state index in [0.29, 0.717) is 24.3 Å². The summed E-state index contributed by atoms with van der Waals surface area (Å²) in [6.07, 6.45) is -17.1. The lowest BCUT2D eigenvalue weighted by Crippen LogP contribution is -2.42. The smallest absolute Gasteiger partial charge is 0.404 e. The molecule has 13 nitrogen and oxygen atoms in total. The number of nitrogens with one attached hydrogen (secondary N) is 2. The van der Waals surface area contributed by atoms with Crippen molar-refractivity contribution < 1.29 is 76.2 Å². The molecule has 24 heteroatoms. The van der Waals surface area contributed by atoms with E-state index >= 15 is 0 Å². The van der Waals surface area contributed by atoms with Gasteiger partial charge in [0.25, 0.3) is 15.9 Å². The third-order valence-electron chi connectivity index (χ3n) is 6.89. The molecule has 2 heterocycles. The number of aromatic amines is 1. The molecule has 51 heavy (non-hydrogen) atoms. The summed E-state index contributed by atoms with van der Waals surface area (Å²) in [6.45, 7) is -0.512. The number of amides is 1. The summed E-state index contributed by atoms with van der Waals surface area (Å²) in [5.74, 6) is -6.11. The second-order valence-electron chi connectivity index (χ2n) is 10.5. The molecule has 4 aromatic rings. The number of fused-ring (bicyclic) bond motifs is 1. The number of carbonyl (C=O) groups is 2. The van der Waals surface area contributed by atoms with Gasteiger partial charge in [-0.25, -0.2) is 27.2 Å². The molecular weight excluding hydrogens is 757 g/mol. The van der Waals surface area contributed by atoms with E-state index in [1.807, 2.05) is 4.72 Å². The highest BCUT2D eigenvalue weighted by atomic mass is 32.3. The Labute approximate surface area is 281 Å². The van der Waals surface area contributed by atoms with E-state index in [1.165, 1.54) is 12.1 Å². The molecule has 1 amide bonds. The minimum atomic E-state index is -5.89. The molecule has 276 valence electrons. The van der Waals surface area contributed by atoms with E-state index in [1.54, 1.807) is 0 Å². The Kier molecular flexibility index (Phi) is 9.61. The van der Waals surface area contributed by atoms with Gasteiger partial charge in [-0.05, 0) is 69.9 Å². The lowest BCUT2D eigenvalue weighted by Gasteiger charge is -2.36. The maximum Gasteiger partial charge on any atom is 0.573 e. The first-order valence-electron chi connectivity index (χ1n) is 13.7. The first kappa shape index (κ1) is 37.5. The van der Waals surface area contributed by atoms with Crippen molar-refractivity contribution in [1.82, 2.24) is 19.2 Å². The van der Waals surface area contributed by atoms with Crippen LogP contribution in [0.25, 0.3) is 11.0 Å². The van der Waals surface area contributed by atoms with Gasteiger partial charge in [-0.15, -0.1) is 13.2 Å². The van der Waals surface area contributed by atoms with E-state index in [9.17, 15) is 66.6 Å². The predicted octanol–water partition coefficient (Wildman–Crippen LogP) is 5.99. The summed E-state index contributed by atoms with van der Waals surface area (Å²) in [4.78, 5) is 33.1. The van der Waals surface area contributed by atoms with Gasteiger partial charge in [0.05, 0.1) is 22.3 Å². The van der Waals surface area contributed by atoms with Crippen LogP contribution in [-0.4, -0.2) is 62.9 Å². The number of ether oxygens (including phenoxy) is 1. The number of sulfonamides is 1. The van der Waals surface area contributed by atoms with Crippen molar-refractivity contribution >= 4 is 49.6 Å². The highest BCUT2D eigenvalue weighted by Gasteiger charge is 2.48. The number of H-pyrrole nitrogens is 1. The largest absolute Gasteiger partial charge is 0.573 e. The van der Waals surface area contributed by atoms with Crippen molar-refractivity contribution in [3.05, 3.63) is 83.7 Å². The van der Waals surface area contributed by atoms with Crippen LogP contribution >= 0.6 is 11.0 Å². The quantitative estimate of drug-likeness (QED) is 0.117. The van der Waals surface area contributed by atoms with Crippen LogP contribution in [0.2, 0.25) is 0 Å². The Hall–Kier alpha value is -4.78. The standard InChI is InChI=1S/C27H20F9N5O8S2/c28-25(29,30)15-7-10-17-18(12-15)38-23(37-17)19(11-14-5-8-16(9-6-14)40-13-22(42)39-51(40,46)47)41(49-24(43)26(31,32)33)50(44,45)21-4-2-1-3-20(21)48-27(34,35)36/h1-10,12,19,46-47H,11,13H2,(H,37,38)(H,39,42). The van der Waals surface area contributed by atoms with Gasteiger partial charge in [-0.2, -0.15) is 26.3 Å². The van der Waals surface area contributed by atoms with Crippen LogP contribution in [0.15, 0.2) is 71.6 Å². The Bertz CT molecular complexity index is 2070. The number of aromatic nitrogens is 2. The molecule has 1 fully saturated rings. The van der Waals surface area contributed by atoms with Gasteiger partial charge < -0.3 is 14.6 Å². The zero-order valence-corrected chi connectivity index (χ0v) is 26.4. The number of hydroxylamine groups is 1. The van der Waals surface area contributed by atoms with E-state index in [0.717, 1.165) is 34.6 Å². The fraction of sp³-hybridized carbons (Fsp3) is 0.222. The molecule has 0 radical (unpaired) electrons. The van der Waals surface area contributed by atoms with Gasteiger partial charge >= 0.3 is 24.7 Å². The topological polar surface area (TPSA) is 174 Å². The number of benzene rings is 3. The minimum absolute atomic E-state index is 0.00303. The summed E-state index contributed by atoms with van der Waals surface area (Å²) in [5.41, 5.74) is -1.96. The van der Waals surface area contributed by atoms with Crippen molar-refractivity contribution in [3.8, 4) is 5.75 Å². The third kappa shape index (κ3) is 8.24. The number of rotatable bonds is 9. The number of alkyl halides is 9. The molecule has 0 bridgehead atoms. The Morgan fingerprint density at radius 3 is 2.20 bits per heavy atom. The molecule has 1 unspecified atom stereocenters. The van der Waals surface area contributed by atoms with Gasteiger partial charge in [0, 0.05) is 0 Å². The van der Waals surface area contributed by atoms with Crippen LogP contribution in [0.3, 0.4) is 0 Å². The fourth-order valence-electron chi connectivity index (χ4n) is 4.74. The third-order valence-corrected chi connectivity index (χ3v) is 10.0. The molecule has 4 N–H and O–H groups in total. The lowest BCUT2D eigenvalue weighted by molar-refractivity contribution is -0.275. The van der Waals surface area contributed by atoms with Crippen LogP contribution in [0.5, 0.6) is 5.75 Å². The number of carbonyl (C=O) groups excluding carboxylic acids is 2. The SMILES string of the molecule is O=C1CN(c2ccc(CC(c3nc4ccc(C(F)(F)F)cc4[nH]3)N(OC(=O)C(F)(F)F)S(=O)(=O)c3ccccc3OC(F)(F)F)cc2)S(O)(O)N1. The van der Waals surface area contributed by atoms with Gasteiger partial charge in [-0.1, -0.05) is 24.3 Å². The molecule has 1 aliphatic rings. The van der Waals surface area contributed by atoms with Crippen molar-refractivity contribution in [1.29, 1.82) is 0 Å². The second-order valence-corrected chi connectivity index (χ2v) is 13.9. The number of nitrogens with zero attached hydrogens (tertiary/aromatic N) is 3. The van der Waals surface area contributed by atoms with Gasteiger partial charge in [0.1, 0.15) is 29.1 Å². The molecule has 1 saturated heterocycles. The monoisotopic (exact) mass is 777 g/mol. The van der Waals surface area contributed by atoms with Crippen molar-refractivity contribution in [2.45, 2.75) is 36.1 Å². The molecule has 1 atom stereocenters. The number of halogens is 9. The maximum absolute atomic E-state index is 14.0. The Morgan fingerprint density at radius 1 is 0.980 bits per heavy atom.